The van der Waals surface area contributed by atoms with Crippen LogP contribution in [0.25, 0.3) is 0 Å². The van der Waals surface area contributed by atoms with Crippen molar-refractivity contribution in [1.82, 2.24) is 5.16 Å². The van der Waals surface area contributed by atoms with Gasteiger partial charge in [0.25, 0.3) is 0 Å². The third-order valence-corrected chi connectivity index (χ3v) is 2.63. The first-order valence-corrected chi connectivity index (χ1v) is 6.31. The molecule has 1 aromatic carbocycles. The number of anilines is 1. The normalized spacial score (nSPS) is 11.5. The zero-order valence-electron chi connectivity index (χ0n) is 11.6. The number of benzene rings is 1. The lowest BCUT2D eigenvalue weighted by Crippen LogP contribution is -2.18. The van der Waals surface area contributed by atoms with Crippen LogP contribution in [0.1, 0.15) is 17.0 Å². The number of aromatic nitrogens is 1. The Morgan fingerprint density at radius 1 is 1.36 bits per heavy atom. The SMILES string of the molecule is Cc1cc(COCC(=O)Nc2cccc(C(F)(F)F)c2)no1. The molecule has 1 amide bonds. The molecule has 0 saturated carbocycles. The molecule has 0 saturated heterocycles. The second-order valence-corrected chi connectivity index (χ2v) is 4.55. The summed E-state index contributed by atoms with van der Waals surface area (Å²) in [6.07, 6.45) is -4.46. The minimum atomic E-state index is -4.46. The van der Waals surface area contributed by atoms with Crippen molar-refractivity contribution in [2.24, 2.45) is 0 Å². The number of ether oxygens (including phenoxy) is 1. The third kappa shape index (κ3) is 4.59. The number of alkyl halides is 3. The molecule has 0 spiro atoms. The van der Waals surface area contributed by atoms with Gasteiger partial charge in [0.1, 0.15) is 18.1 Å². The molecule has 0 aliphatic carbocycles. The van der Waals surface area contributed by atoms with E-state index in [1.54, 1.807) is 13.0 Å². The van der Waals surface area contributed by atoms with Gasteiger partial charge in [0.2, 0.25) is 5.91 Å². The van der Waals surface area contributed by atoms with Crippen molar-refractivity contribution >= 4 is 11.6 Å². The summed E-state index contributed by atoms with van der Waals surface area (Å²) in [6.45, 7) is 1.49. The number of aryl methyl sites for hydroxylation is 1. The second-order valence-electron chi connectivity index (χ2n) is 4.55. The molecule has 22 heavy (non-hydrogen) atoms. The van der Waals surface area contributed by atoms with E-state index >= 15 is 0 Å². The molecule has 5 nitrogen and oxygen atoms in total. The van der Waals surface area contributed by atoms with Crippen LogP contribution >= 0.6 is 0 Å². The fourth-order valence-corrected chi connectivity index (χ4v) is 1.70. The monoisotopic (exact) mass is 314 g/mol. The molecule has 0 radical (unpaired) electrons. The van der Waals surface area contributed by atoms with Crippen molar-refractivity contribution in [1.29, 1.82) is 0 Å². The number of amides is 1. The molecule has 0 unspecified atom stereocenters. The Kier molecular flexibility index (Phi) is 4.81. The highest BCUT2D eigenvalue weighted by Gasteiger charge is 2.30. The molecule has 118 valence electrons. The number of rotatable bonds is 5. The summed E-state index contributed by atoms with van der Waals surface area (Å²) >= 11 is 0. The maximum atomic E-state index is 12.5. The predicted octanol–water partition coefficient (Wildman–Crippen LogP) is 3.16. The van der Waals surface area contributed by atoms with Crippen molar-refractivity contribution in [3.05, 3.63) is 47.3 Å². The smallest absolute Gasteiger partial charge is 0.365 e. The van der Waals surface area contributed by atoms with E-state index in [4.69, 9.17) is 9.26 Å². The predicted molar refractivity (Wildman–Crippen MR) is 71.0 cm³/mol. The average Bonchev–Trinajstić information content (AvgIpc) is 2.84. The third-order valence-electron chi connectivity index (χ3n) is 2.63. The topological polar surface area (TPSA) is 64.4 Å². The van der Waals surface area contributed by atoms with Crippen molar-refractivity contribution in [3.8, 4) is 0 Å². The zero-order chi connectivity index (χ0) is 16.2. The van der Waals surface area contributed by atoms with E-state index < -0.39 is 17.6 Å². The molecule has 1 heterocycles. The number of carbonyl (C=O) groups is 1. The highest BCUT2D eigenvalue weighted by molar-refractivity contribution is 5.91. The largest absolute Gasteiger partial charge is 0.416 e. The van der Waals surface area contributed by atoms with Crippen LogP contribution in [0.3, 0.4) is 0 Å². The molecule has 2 rings (SSSR count). The first kappa shape index (κ1) is 16.0. The zero-order valence-corrected chi connectivity index (χ0v) is 11.6. The maximum Gasteiger partial charge on any atom is 0.416 e. The molecule has 0 atom stereocenters. The average molecular weight is 314 g/mol. The van der Waals surface area contributed by atoms with E-state index in [9.17, 15) is 18.0 Å². The number of hydrogen-bond acceptors (Lipinski definition) is 4. The van der Waals surface area contributed by atoms with Gasteiger partial charge < -0.3 is 14.6 Å². The molecule has 1 N–H and O–H groups in total. The van der Waals surface area contributed by atoms with Gasteiger partial charge >= 0.3 is 6.18 Å². The summed E-state index contributed by atoms with van der Waals surface area (Å²) in [5, 5.41) is 6.02. The van der Waals surface area contributed by atoms with Gasteiger partial charge in [-0.1, -0.05) is 11.2 Å². The van der Waals surface area contributed by atoms with E-state index in [0.717, 1.165) is 12.1 Å². The van der Waals surface area contributed by atoms with Gasteiger partial charge in [-0.3, -0.25) is 4.79 Å². The molecule has 1 aromatic heterocycles. The maximum absolute atomic E-state index is 12.5. The molecule has 8 heteroatoms. The Morgan fingerprint density at radius 3 is 2.77 bits per heavy atom. The number of nitrogens with one attached hydrogen (secondary N) is 1. The highest BCUT2D eigenvalue weighted by atomic mass is 19.4. The fourth-order valence-electron chi connectivity index (χ4n) is 1.70. The van der Waals surface area contributed by atoms with Crippen LogP contribution in [-0.2, 0) is 22.3 Å². The number of halogens is 3. The summed E-state index contributed by atoms with van der Waals surface area (Å²) in [5.74, 6) is 0.0616. The summed E-state index contributed by atoms with van der Waals surface area (Å²) in [6, 6.07) is 6.04. The summed E-state index contributed by atoms with van der Waals surface area (Å²) < 4.78 is 47.6. The van der Waals surface area contributed by atoms with Crippen LogP contribution in [0.4, 0.5) is 18.9 Å². The van der Waals surface area contributed by atoms with Gasteiger partial charge in [0.05, 0.1) is 12.2 Å². The van der Waals surface area contributed by atoms with Crippen molar-refractivity contribution in [3.63, 3.8) is 0 Å². The fraction of sp³-hybridized carbons (Fsp3) is 0.286. The second kappa shape index (κ2) is 6.61. The van der Waals surface area contributed by atoms with Gasteiger partial charge in [-0.25, -0.2) is 0 Å². The summed E-state index contributed by atoms with van der Waals surface area (Å²) in [4.78, 5) is 11.6. The quantitative estimate of drug-likeness (QED) is 0.921. The van der Waals surface area contributed by atoms with Gasteiger partial charge in [-0.05, 0) is 25.1 Å². The number of hydrogen-bond donors (Lipinski definition) is 1. The van der Waals surface area contributed by atoms with Gasteiger partial charge in [-0.15, -0.1) is 0 Å². The van der Waals surface area contributed by atoms with Gasteiger partial charge in [0, 0.05) is 11.8 Å². The van der Waals surface area contributed by atoms with Crippen molar-refractivity contribution in [2.45, 2.75) is 19.7 Å². The Bertz CT molecular complexity index is 653. The van der Waals surface area contributed by atoms with E-state index in [2.05, 4.69) is 10.5 Å². The Balaban J connectivity index is 1.84. The van der Waals surface area contributed by atoms with Crippen LogP contribution in [-0.4, -0.2) is 17.7 Å². The molecule has 2 aromatic rings. The van der Waals surface area contributed by atoms with Crippen LogP contribution in [0.5, 0.6) is 0 Å². The molecular weight excluding hydrogens is 301 g/mol. The first-order valence-electron chi connectivity index (χ1n) is 6.31. The molecule has 0 bridgehead atoms. The Morgan fingerprint density at radius 2 is 2.14 bits per heavy atom. The van der Waals surface area contributed by atoms with Crippen LogP contribution in [0, 0.1) is 6.92 Å². The highest BCUT2D eigenvalue weighted by Crippen LogP contribution is 2.30. The van der Waals surface area contributed by atoms with Crippen LogP contribution in [0.15, 0.2) is 34.9 Å². The van der Waals surface area contributed by atoms with Gasteiger partial charge in [0.15, 0.2) is 0 Å². The Hall–Kier alpha value is -2.35. The van der Waals surface area contributed by atoms with Crippen molar-refractivity contribution < 1.29 is 27.2 Å². The Labute approximate surface area is 124 Å². The minimum Gasteiger partial charge on any atom is -0.365 e. The van der Waals surface area contributed by atoms with E-state index in [1.807, 2.05) is 0 Å². The lowest BCUT2D eigenvalue weighted by atomic mass is 10.2. The lowest BCUT2D eigenvalue weighted by Gasteiger charge is -2.09. The van der Waals surface area contributed by atoms with Crippen LogP contribution < -0.4 is 5.32 Å². The summed E-state index contributed by atoms with van der Waals surface area (Å²) in [7, 11) is 0. The van der Waals surface area contributed by atoms with Gasteiger partial charge in [-0.2, -0.15) is 13.2 Å². The minimum absolute atomic E-state index is 0.0562. The van der Waals surface area contributed by atoms with Crippen molar-refractivity contribution in [2.75, 3.05) is 11.9 Å². The molecule has 0 fully saturated rings. The molecule has 0 aliphatic rings. The lowest BCUT2D eigenvalue weighted by molar-refractivity contribution is -0.137. The van der Waals surface area contributed by atoms with E-state index in [1.165, 1.54) is 12.1 Å². The molecule has 0 aliphatic heterocycles. The molecular formula is C14H13F3N2O3. The summed E-state index contributed by atoms with van der Waals surface area (Å²) in [5.41, 5.74) is -0.241. The van der Waals surface area contributed by atoms with E-state index in [-0.39, 0.29) is 18.9 Å². The number of nitrogens with zero attached hydrogens (tertiary/aromatic N) is 1. The number of carbonyl (C=O) groups excluding carboxylic acids is 1. The van der Waals surface area contributed by atoms with Crippen LogP contribution in [0.2, 0.25) is 0 Å². The first-order chi connectivity index (χ1) is 10.3. The standard InChI is InChI=1S/C14H13F3N2O3/c1-9-5-12(19-22-9)7-21-8-13(20)18-11-4-2-3-10(6-11)14(15,16)17/h2-6H,7-8H2,1H3,(H,18,20). The van der Waals surface area contributed by atoms with E-state index in [0.29, 0.717) is 11.5 Å².